The summed E-state index contributed by atoms with van der Waals surface area (Å²) >= 11 is 0. The highest BCUT2D eigenvalue weighted by molar-refractivity contribution is 14.0. The van der Waals surface area contributed by atoms with Crippen molar-refractivity contribution in [1.29, 1.82) is 0 Å². The zero-order valence-corrected chi connectivity index (χ0v) is 19.0. The first-order valence-electron chi connectivity index (χ1n) is 9.78. The molecule has 1 saturated heterocycles. The molecule has 1 aliphatic rings. The van der Waals surface area contributed by atoms with Crippen LogP contribution in [0, 0.1) is 5.92 Å². The maximum atomic E-state index is 5.44. The maximum Gasteiger partial charge on any atom is 0.216 e. The molecule has 3 heterocycles. The van der Waals surface area contributed by atoms with Crippen LogP contribution in [-0.2, 0) is 11.2 Å². The van der Waals surface area contributed by atoms with Crippen molar-refractivity contribution in [2.75, 3.05) is 39.9 Å². The molecule has 0 bridgehead atoms. The van der Waals surface area contributed by atoms with Crippen LogP contribution < -0.4 is 5.32 Å². The van der Waals surface area contributed by atoms with Gasteiger partial charge in [0.2, 0.25) is 5.82 Å². The minimum absolute atomic E-state index is 0. The van der Waals surface area contributed by atoms with Crippen LogP contribution in [0.15, 0.2) is 27.8 Å². The van der Waals surface area contributed by atoms with Crippen LogP contribution in [0.25, 0.3) is 11.6 Å². The van der Waals surface area contributed by atoms with Crippen molar-refractivity contribution in [3.8, 4) is 11.6 Å². The Morgan fingerprint density at radius 2 is 2.21 bits per heavy atom. The van der Waals surface area contributed by atoms with E-state index in [2.05, 4.69) is 39.4 Å². The summed E-state index contributed by atoms with van der Waals surface area (Å²) in [6.45, 7) is 6.40. The molecule has 0 aliphatic carbocycles. The van der Waals surface area contributed by atoms with Gasteiger partial charge in [-0.15, -0.1) is 24.0 Å². The van der Waals surface area contributed by atoms with Crippen molar-refractivity contribution < 1.29 is 9.15 Å². The molecule has 0 unspecified atom stereocenters. The van der Waals surface area contributed by atoms with E-state index in [1.54, 1.807) is 6.26 Å². The fourth-order valence-corrected chi connectivity index (χ4v) is 3.18. The molecule has 2 aromatic heterocycles. The predicted octanol–water partition coefficient (Wildman–Crippen LogP) is 2.94. The van der Waals surface area contributed by atoms with E-state index in [-0.39, 0.29) is 24.0 Å². The fraction of sp³-hybridized carbons (Fsp3) is 0.632. The van der Waals surface area contributed by atoms with Crippen LogP contribution in [-0.4, -0.2) is 65.9 Å². The highest BCUT2D eigenvalue weighted by atomic mass is 127. The third kappa shape index (κ3) is 6.77. The zero-order chi connectivity index (χ0) is 18.9. The van der Waals surface area contributed by atoms with Gasteiger partial charge in [-0.25, -0.2) is 4.98 Å². The van der Waals surface area contributed by atoms with E-state index in [1.165, 1.54) is 19.3 Å². The average molecular weight is 502 g/mol. The topological polar surface area (TPSA) is 91.6 Å². The number of nitrogens with one attached hydrogen (secondary N) is 2. The second-order valence-electron chi connectivity index (χ2n) is 6.83. The number of aliphatic imine (C=N–C) groups is 1. The van der Waals surface area contributed by atoms with E-state index in [0.717, 1.165) is 44.0 Å². The monoisotopic (exact) mass is 502 g/mol. The third-order valence-electron chi connectivity index (χ3n) is 4.79. The predicted molar refractivity (Wildman–Crippen MR) is 120 cm³/mol. The molecule has 0 saturated carbocycles. The van der Waals surface area contributed by atoms with E-state index in [9.17, 15) is 0 Å². The summed E-state index contributed by atoms with van der Waals surface area (Å²) in [6.07, 6.45) is 5.85. The second-order valence-corrected chi connectivity index (χ2v) is 6.83. The van der Waals surface area contributed by atoms with Crippen LogP contribution in [0.1, 0.15) is 32.0 Å². The van der Waals surface area contributed by atoms with E-state index >= 15 is 0 Å². The second kappa shape index (κ2) is 12.1. The molecule has 0 spiro atoms. The van der Waals surface area contributed by atoms with Crippen LogP contribution in [0.4, 0.5) is 0 Å². The molecular weight excluding hydrogens is 471 g/mol. The van der Waals surface area contributed by atoms with Gasteiger partial charge in [-0.2, -0.15) is 5.10 Å². The lowest BCUT2D eigenvalue weighted by Crippen LogP contribution is -2.40. The first-order valence-corrected chi connectivity index (χ1v) is 9.78. The Morgan fingerprint density at radius 1 is 1.39 bits per heavy atom. The molecule has 1 fully saturated rings. The number of nitrogens with zero attached hydrogens (tertiary/aromatic N) is 4. The Bertz CT molecular complexity index is 697. The minimum atomic E-state index is 0. The molecule has 2 N–H and O–H groups in total. The highest BCUT2D eigenvalue weighted by Crippen LogP contribution is 2.18. The standard InChI is InChI=1S/C19H30N6O2.HI/c1-3-20-19(25(2)11-7-15-8-13-26-14-9-15)21-10-6-17-22-18(24-23-17)16-5-4-12-27-16;/h4-5,12,15H,3,6-11,13-14H2,1-2H3,(H,20,21)(H,22,23,24);1H. The number of ether oxygens (including phenoxy) is 1. The largest absolute Gasteiger partial charge is 0.461 e. The lowest BCUT2D eigenvalue weighted by Gasteiger charge is -2.26. The average Bonchev–Trinajstić information content (AvgIpc) is 3.38. The summed E-state index contributed by atoms with van der Waals surface area (Å²) in [5.41, 5.74) is 0. The molecule has 1 aliphatic heterocycles. The summed E-state index contributed by atoms with van der Waals surface area (Å²) in [5.74, 6) is 3.76. The first-order chi connectivity index (χ1) is 13.3. The van der Waals surface area contributed by atoms with Gasteiger partial charge in [0, 0.05) is 46.3 Å². The molecule has 3 rings (SSSR count). The van der Waals surface area contributed by atoms with Crippen molar-refractivity contribution >= 4 is 29.9 Å². The lowest BCUT2D eigenvalue weighted by molar-refractivity contribution is 0.0625. The van der Waals surface area contributed by atoms with Gasteiger partial charge in [0.25, 0.3) is 0 Å². The van der Waals surface area contributed by atoms with Crippen molar-refractivity contribution in [2.45, 2.75) is 32.6 Å². The molecule has 0 atom stereocenters. The molecule has 9 heteroatoms. The van der Waals surface area contributed by atoms with Gasteiger partial charge >= 0.3 is 0 Å². The van der Waals surface area contributed by atoms with Crippen LogP contribution in [0.3, 0.4) is 0 Å². The highest BCUT2D eigenvalue weighted by Gasteiger charge is 2.15. The zero-order valence-electron chi connectivity index (χ0n) is 16.7. The van der Waals surface area contributed by atoms with Crippen molar-refractivity contribution in [1.82, 2.24) is 25.4 Å². The number of halogens is 1. The quantitative estimate of drug-likeness (QED) is 0.328. The summed E-state index contributed by atoms with van der Waals surface area (Å²) in [5, 5.41) is 10.5. The summed E-state index contributed by atoms with van der Waals surface area (Å²) < 4.78 is 10.8. The Hall–Kier alpha value is -1.62. The third-order valence-corrected chi connectivity index (χ3v) is 4.79. The van der Waals surface area contributed by atoms with Gasteiger partial charge in [-0.1, -0.05) is 0 Å². The van der Waals surface area contributed by atoms with Crippen molar-refractivity contribution in [2.24, 2.45) is 10.9 Å². The van der Waals surface area contributed by atoms with Gasteiger partial charge in [-0.3, -0.25) is 10.1 Å². The summed E-state index contributed by atoms with van der Waals surface area (Å²) in [7, 11) is 2.10. The van der Waals surface area contributed by atoms with Crippen LogP contribution in [0.2, 0.25) is 0 Å². The Balaban J connectivity index is 0.00000280. The number of hydrogen-bond acceptors (Lipinski definition) is 5. The summed E-state index contributed by atoms with van der Waals surface area (Å²) in [4.78, 5) is 11.4. The van der Waals surface area contributed by atoms with E-state index in [1.807, 2.05) is 12.1 Å². The SMILES string of the molecule is CCNC(=NCCc1nc(-c2ccco2)n[nH]1)N(C)CCC1CCOCC1.I. The number of furan rings is 1. The minimum Gasteiger partial charge on any atom is -0.461 e. The van der Waals surface area contributed by atoms with E-state index < -0.39 is 0 Å². The maximum absolute atomic E-state index is 5.44. The van der Waals surface area contributed by atoms with Gasteiger partial charge in [-0.05, 0) is 44.2 Å². The molecule has 156 valence electrons. The lowest BCUT2D eigenvalue weighted by atomic mass is 9.96. The van der Waals surface area contributed by atoms with Gasteiger partial charge in [0.15, 0.2) is 11.7 Å². The Morgan fingerprint density at radius 3 is 2.93 bits per heavy atom. The van der Waals surface area contributed by atoms with Crippen molar-refractivity contribution in [3.63, 3.8) is 0 Å². The van der Waals surface area contributed by atoms with Gasteiger partial charge in [0.05, 0.1) is 6.26 Å². The Labute approximate surface area is 183 Å². The first kappa shape index (κ1) is 22.7. The molecule has 8 nitrogen and oxygen atoms in total. The number of hydrogen-bond donors (Lipinski definition) is 2. The number of rotatable bonds is 8. The number of aromatic nitrogens is 3. The number of H-pyrrole nitrogens is 1. The van der Waals surface area contributed by atoms with Crippen LogP contribution >= 0.6 is 24.0 Å². The van der Waals surface area contributed by atoms with E-state index in [4.69, 9.17) is 14.1 Å². The molecule has 28 heavy (non-hydrogen) atoms. The van der Waals surface area contributed by atoms with E-state index in [0.29, 0.717) is 24.6 Å². The van der Waals surface area contributed by atoms with Crippen LogP contribution in [0.5, 0.6) is 0 Å². The number of guanidine groups is 1. The van der Waals surface area contributed by atoms with Crippen molar-refractivity contribution in [3.05, 3.63) is 24.2 Å². The normalized spacial score (nSPS) is 15.3. The van der Waals surface area contributed by atoms with Gasteiger partial charge < -0.3 is 19.4 Å². The smallest absolute Gasteiger partial charge is 0.216 e. The molecule has 0 radical (unpaired) electrons. The molecular formula is C19H31IN6O2. The summed E-state index contributed by atoms with van der Waals surface area (Å²) in [6, 6.07) is 3.68. The molecule has 2 aromatic rings. The molecule has 0 aromatic carbocycles. The molecule has 0 amide bonds. The fourth-order valence-electron chi connectivity index (χ4n) is 3.18. The Kier molecular flexibility index (Phi) is 9.76. The van der Waals surface area contributed by atoms with Gasteiger partial charge in [0.1, 0.15) is 5.82 Å². The number of aromatic amines is 1.